The predicted octanol–water partition coefficient (Wildman–Crippen LogP) is 0.940. The van der Waals surface area contributed by atoms with Crippen molar-refractivity contribution >= 4 is 36.5 Å². The van der Waals surface area contributed by atoms with Crippen molar-refractivity contribution in [1.29, 1.82) is 0 Å². The van der Waals surface area contributed by atoms with E-state index in [1.807, 2.05) is 32.1 Å². The van der Waals surface area contributed by atoms with Gasteiger partial charge in [0.25, 0.3) is 5.91 Å². The first kappa shape index (κ1) is 19.3. The van der Waals surface area contributed by atoms with E-state index >= 15 is 0 Å². The van der Waals surface area contributed by atoms with Gasteiger partial charge in [-0.3, -0.25) is 4.79 Å². The molecule has 0 radical (unpaired) electrons. The van der Waals surface area contributed by atoms with E-state index in [2.05, 4.69) is 15.6 Å². The van der Waals surface area contributed by atoms with E-state index in [1.165, 1.54) is 0 Å². The first-order valence-electron chi connectivity index (χ1n) is 5.21. The Morgan fingerprint density at radius 2 is 1.94 bits per heavy atom. The molecule has 1 rings (SSSR count). The zero-order chi connectivity index (χ0) is 12.0. The van der Waals surface area contributed by atoms with Gasteiger partial charge in [-0.05, 0) is 19.2 Å². The van der Waals surface area contributed by atoms with Gasteiger partial charge in [0.15, 0.2) is 0 Å². The Labute approximate surface area is 120 Å². The van der Waals surface area contributed by atoms with Crippen LogP contribution in [-0.4, -0.2) is 45.1 Å². The van der Waals surface area contributed by atoms with E-state index in [0.29, 0.717) is 12.1 Å². The smallest absolute Gasteiger partial charge is 0.252 e. The van der Waals surface area contributed by atoms with Gasteiger partial charge in [0.1, 0.15) is 5.82 Å². The fourth-order valence-corrected chi connectivity index (χ4v) is 1.19. The quantitative estimate of drug-likeness (QED) is 0.794. The lowest BCUT2D eigenvalue weighted by molar-refractivity contribution is 0.0954. The number of halogens is 2. The van der Waals surface area contributed by atoms with Gasteiger partial charge in [-0.25, -0.2) is 4.98 Å². The van der Waals surface area contributed by atoms with Crippen molar-refractivity contribution in [3.63, 3.8) is 0 Å². The van der Waals surface area contributed by atoms with Gasteiger partial charge in [-0.2, -0.15) is 0 Å². The Morgan fingerprint density at radius 3 is 2.39 bits per heavy atom. The van der Waals surface area contributed by atoms with Crippen molar-refractivity contribution in [3.8, 4) is 0 Å². The Hall–Kier alpha value is -1.04. The zero-order valence-electron chi connectivity index (χ0n) is 10.8. The third kappa shape index (κ3) is 6.05. The predicted molar refractivity (Wildman–Crippen MR) is 79.3 cm³/mol. The van der Waals surface area contributed by atoms with Gasteiger partial charge in [0, 0.05) is 33.4 Å². The molecule has 0 bridgehead atoms. The third-order valence-electron chi connectivity index (χ3n) is 2.13. The van der Waals surface area contributed by atoms with E-state index in [4.69, 9.17) is 0 Å². The lowest BCUT2D eigenvalue weighted by atomic mass is 10.2. The molecule has 18 heavy (non-hydrogen) atoms. The largest absolute Gasteiger partial charge is 0.363 e. The second-order valence-electron chi connectivity index (χ2n) is 3.66. The number of aromatic nitrogens is 1. The minimum absolute atomic E-state index is 0. The molecule has 0 saturated carbocycles. The molecule has 0 unspecified atom stereocenters. The summed E-state index contributed by atoms with van der Waals surface area (Å²) in [6.45, 7) is 1.37. The highest BCUT2D eigenvalue weighted by molar-refractivity contribution is 5.94. The molecule has 0 saturated heterocycles. The molecule has 7 heteroatoms. The molecule has 0 aliphatic heterocycles. The summed E-state index contributed by atoms with van der Waals surface area (Å²) in [5.41, 5.74) is 0.585. The standard InChI is InChI=1S/C11H18N4O.2ClH/c1-12-6-7-13-11(16)9-4-5-10(14-8-9)15(2)3;;/h4-5,8,12H,6-7H2,1-3H3,(H,13,16);2*1H. The monoisotopic (exact) mass is 294 g/mol. The van der Waals surface area contributed by atoms with Gasteiger partial charge in [0.2, 0.25) is 0 Å². The maximum absolute atomic E-state index is 11.6. The fourth-order valence-electron chi connectivity index (χ4n) is 1.19. The van der Waals surface area contributed by atoms with Gasteiger partial charge in [-0.15, -0.1) is 24.8 Å². The summed E-state index contributed by atoms with van der Waals surface area (Å²) in [7, 11) is 5.67. The highest BCUT2D eigenvalue weighted by atomic mass is 35.5. The van der Waals surface area contributed by atoms with Gasteiger partial charge >= 0.3 is 0 Å². The molecule has 0 aliphatic rings. The molecule has 0 aliphatic carbocycles. The molecule has 2 N–H and O–H groups in total. The van der Waals surface area contributed by atoms with Crippen LogP contribution in [0.4, 0.5) is 5.82 Å². The zero-order valence-corrected chi connectivity index (χ0v) is 12.4. The molecule has 1 aromatic heterocycles. The number of pyridine rings is 1. The van der Waals surface area contributed by atoms with Crippen LogP contribution in [-0.2, 0) is 0 Å². The van der Waals surface area contributed by atoms with E-state index in [9.17, 15) is 4.79 Å². The fraction of sp³-hybridized carbons (Fsp3) is 0.455. The van der Waals surface area contributed by atoms with Crippen LogP contribution in [0.1, 0.15) is 10.4 Å². The van der Waals surface area contributed by atoms with Crippen molar-refractivity contribution in [1.82, 2.24) is 15.6 Å². The van der Waals surface area contributed by atoms with Crippen LogP contribution in [0.15, 0.2) is 18.3 Å². The number of anilines is 1. The third-order valence-corrected chi connectivity index (χ3v) is 2.13. The van der Waals surface area contributed by atoms with Crippen LogP contribution < -0.4 is 15.5 Å². The summed E-state index contributed by atoms with van der Waals surface area (Å²) in [5.74, 6) is 0.750. The van der Waals surface area contributed by atoms with E-state index in [0.717, 1.165) is 12.4 Å². The van der Waals surface area contributed by atoms with Crippen molar-refractivity contribution in [3.05, 3.63) is 23.9 Å². The highest BCUT2D eigenvalue weighted by Crippen LogP contribution is 2.07. The molecule has 0 fully saturated rings. The SMILES string of the molecule is CNCCNC(=O)c1ccc(N(C)C)nc1.Cl.Cl. The van der Waals surface area contributed by atoms with Crippen LogP contribution in [0, 0.1) is 0 Å². The lowest BCUT2D eigenvalue weighted by Crippen LogP contribution is -2.30. The van der Waals surface area contributed by atoms with E-state index < -0.39 is 0 Å². The number of carbonyl (C=O) groups excluding carboxylic acids is 1. The molecule has 0 spiro atoms. The number of rotatable bonds is 5. The molecular formula is C11H20Cl2N4O. The molecule has 1 aromatic rings. The van der Waals surface area contributed by atoms with Crippen LogP contribution >= 0.6 is 24.8 Å². The first-order valence-corrected chi connectivity index (χ1v) is 5.21. The van der Waals surface area contributed by atoms with Gasteiger partial charge in [0.05, 0.1) is 5.56 Å². The number of carbonyl (C=O) groups is 1. The maximum atomic E-state index is 11.6. The summed E-state index contributed by atoms with van der Waals surface area (Å²) < 4.78 is 0. The average molecular weight is 295 g/mol. The average Bonchev–Trinajstić information content (AvgIpc) is 2.29. The van der Waals surface area contributed by atoms with E-state index in [-0.39, 0.29) is 30.7 Å². The Kier molecular flexibility index (Phi) is 10.7. The van der Waals surface area contributed by atoms with Gasteiger partial charge in [-0.1, -0.05) is 0 Å². The van der Waals surface area contributed by atoms with Crippen LogP contribution in [0.3, 0.4) is 0 Å². The summed E-state index contributed by atoms with van der Waals surface area (Å²) in [4.78, 5) is 17.7. The highest BCUT2D eigenvalue weighted by Gasteiger charge is 2.05. The number of nitrogens with one attached hydrogen (secondary N) is 2. The second kappa shape index (κ2) is 9.94. The van der Waals surface area contributed by atoms with Crippen molar-refractivity contribution in [2.75, 3.05) is 39.1 Å². The molecule has 1 amide bonds. The molecule has 1 heterocycles. The Morgan fingerprint density at radius 1 is 1.28 bits per heavy atom. The second-order valence-corrected chi connectivity index (χ2v) is 3.66. The number of likely N-dealkylation sites (N-methyl/N-ethyl adjacent to an activating group) is 1. The Bertz CT molecular complexity index is 343. The number of amides is 1. The molecule has 104 valence electrons. The molecular weight excluding hydrogens is 275 g/mol. The molecule has 0 atom stereocenters. The van der Waals surface area contributed by atoms with Crippen molar-refractivity contribution in [2.45, 2.75) is 0 Å². The Balaban J connectivity index is 0. The van der Waals surface area contributed by atoms with Crippen LogP contribution in [0.5, 0.6) is 0 Å². The lowest BCUT2D eigenvalue weighted by Gasteiger charge is -2.11. The van der Waals surface area contributed by atoms with Crippen LogP contribution in [0.25, 0.3) is 0 Å². The summed E-state index contributed by atoms with van der Waals surface area (Å²) in [5, 5.41) is 5.76. The number of nitrogens with zero attached hydrogens (tertiary/aromatic N) is 2. The van der Waals surface area contributed by atoms with Crippen LogP contribution in [0.2, 0.25) is 0 Å². The summed E-state index contributed by atoms with van der Waals surface area (Å²) in [6, 6.07) is 3.60. The topological polar surface area (TPSA) is 57.3 Å². The molecule has 0 aromatic carbocycles. The molecule has 5 nitrogen and oxygen atoms in total. The van der Waals surface area contributed by atoms with E-state index in [1.54, 1.807) is 12.3 Å². The minimum Gasteiger partial charge on any atom is -0.363 e. The normalized spacial score (nSPS) is 8.83. The van der Waals surface area contributed by atoms with Gasteiger partial charge < -0.3 is 15.5 Å². The maximum Gasteiger partial charge on any atom is 0.252 e. The van der Waals surface area contributed by atoms with Crippen molar-refractivity contribution < 1.29 is 4.79 Å². The van der Waals surface area contributed by atoms with Crippen molar-refractivity contribution in [2.24, 2.45) is 0 Å². The summed E-state index contributed by atoms with van der Waals surface area (Å²) >= 11 is 0. The summed E-state index contributed by atoms with van der Waals surface area (Å²) in [6.07, 6.45) is 1.59. The number of hydrogen-bond donors (Lipinski definition) is 2. The number of hydrogen-bond acceptors (Lipinski definition) is 4. The minimum atomic E-state index is -0.0898. The first-order chi connectivity index (χ1) is 7.65.